The van der Waals surface area contributed by atoms with Crippen molar-refractivity contribution in [3.8, 4) is 0 Å². The topological polar surface area (TPSA) is 43.4 Å². The Balaban J connectivity index is 1.28. The number of allylic oxidation sites excluding steroid dienone is 5. The molecule has 0 aromatic rings. The van der Waals surface area contributed by atoms with Crippen LogP contribution in [0.1, 0.15) is 104 Å². The molecule has 3 saturated carbocycles. The Labute approximate surface area is 201 Å². The Morgan fingerprint density at radius 2 is 1.82 bits per heavy atom. The molecule has 3 heteroatoms. The van der Waals surface area contributed by atoms with E-state index in [1.54, 1.807) is 6.08 Å². The van der Waals surface area contributed by atoms with Crippen LogP contribution in [-0.2, 0) is 14.3 Å². The Hall–Kier alpha value is -1.64. The van der Waals surface area contributed by atoms with Gasteiger partial charge in [-0.3, -0.25) is 9.59 Å². The molecular weight excluding hydrogens is 408 g/mol. The van der Waals surface area contributed by atoms with Crippen LogP contribution >= 0.6 is 0 Å². The standard InChI is InChI=1S/C30H44O3/c1-4-5-6-7-8-9-10-11-12-28(32)33-27-16-15-25-24-14-13-22-21-23(31)17-19-29(22,2)26(24)18-20-30(25,27)3/h4,17,19,21,24-27H,1,5-16,18,20H2,2-3H3/t24?,25?,26?,27-,29-,30-/m0/s1. The summed E-state index contributed by atoms with van der Waals surface area (Å²) in [4.78, 5) is 24.6. The fourth-order valence-corrected chi connectivity index (χ4v) is 7.83. The van der Waals surface area contributed by atoms with E-state index in [0.29, 0.717) is 24.2 Å². The monoisotopic (exact) mass is 452 g/mol. The summed E-state index contributed by atoms with van der Waals surface area (Å²) in [5.41, 5.74) is 1.51. The van der Waals surface area contributed by atoms with E-state index in [9.17, 15) is 9.59 Å². The number of ketones is 1. The van der Waals surface area contributed by atoms with E-state index in [1.807, 2.05) is 12.2 Å². The van der Waals surface area contributed by atoms with E-state index in [-0.39, 0.29) is 28.7 Å². The lowest BCUT2D eigenvalue weighted by Crippen LogP contribution is -2.51. The lowest BCUT2D eigenvalue weighted by atomic mass is 9.48. The summed E-state index contributed by atoms with van der Waals surface area (Å²) >= 11 is 0. The highest BCUT2D eigenvalue weighted by atomic mass is 16.5. The third kappa shape index (κ3) is 4.93. The zero-order chi connectivity index (χ0) is 23.5. The zero-order valence-electron chi connectivity index (χ0n) is 21.0. The first-order valence-electron chi connectivity index (χ1n) is 13.6. The normalized spacial score (nSPS) is 37.0. The predicted octanol–water partition coefficient (Wildman–Crippen LogP) is 7.51. The van der Waals surface area contributed by atoms with Gasteiger partial charge in [-0.15, -0.1) is 6.58 Å². The number of rotatable bonds is 10. The predicted molar refractivity (Wildman–Crippen MR) is 134 cm³/mol. The van der Waals surface area contributed by atoms with Crippen molar-refractivity contribution in [2.24, 2.45) is 28.6 Å². The molecule has 0 bridgehead atoms. The van der Waals surface area contributed by atoms with E-state index < -0.39 is 0 Å². The summed E-state index contributed by atoms with van der Waals surface area (Å²) in [5, 5.41) is 0. The highest BCUT2D eigenvalue weighted by molar-refractivity contribution is 6.01. The molecule has 3 fully saturated rings. The van der Waals surface area contributed by atoms with Crippen LogP contribution in [0, 0.1) is 28.6 Å². The minimum absolute atomic E-state index is 0.0187. The van der Waals surface area contributed by atoms with Crippen molar-refractivity contribution in [2.75, 3.05) is 0 Å². The number of fused-ring (bicyclic) bond motifs is 5. The first-order chi connectivity index (χ1) is 15.9. The maximum atomic E-state index is 12.7. The van der Waals surface area contributed by atoms with Crippen LogP contribution in [0.25, 0.3) is 0 Å². The molecule has 0 heterocycles. The van der Waals surface area contributed by atoms with Crippen LogP contribution in [-0.4, -0.2) is 17.9 Å². The van der Waals surface area contributed by atoms with Crippen LogP contribution in [0.5, 0.6) is 0 Å². The lowest BCUT2D eigenvalue weighted by molar-refractivity contribution is -0.159. The van der Waals surface area contributed by atoms with E-state index in [1.165, 1.54) is 50.5 Å². The fraction of sp³-hybridized carbons (Fsp3) is 0.733. The summed E-state index contributed by atoms with van der Waals surface area (Å²) in [6.45, 7) is 8.53. The van der Waals surface area contributed by atoms with E-state index >= 15 is 0 Å². The molecule has 0 aromatic carbocycles. The van der Waals surface area contributed by atoms with Gasteiger partial charge in [-0.2, -0.15) is 0 Å². The number of esters is 1. The number of carbonyl (C=O) groups is 2. The van der Waals surface area contributed by atoms with Crippen molar-refractivity contribution < 1.29 is 14.3 Å². The molecular formula is C30H44O3. The van der Waals surface area contributed by atoms with Gasteiger partial charge in [-0.25, -0.2) is 0 Å². The summed E-state index contributed by atoms with van der Waals surface area (Å²) in [6, 6.07) is 0. The third-order valence-corrected chi connectivity index (χ3v) is 9.78. The van der Waals surface area contributed by atoms with E-state index in [0.717, 1.165) is 38.5 Å². The molecule has 0 N–H and O–H groups in total. The van der Waals surface area contributed by atoms with Gasteiger partial charge in [0.1, 0.15) is 6.10 Å². The Morgan fingerprint density at radius 1 is 1.06 bits per heavy atom. The number of hydrogen-bond acceptors (Lipinski definition) is 3. The minimum atomic E-state index is 0.0187. The number of unbranched alkanes of at least 4 members (excludes halogenated alkanes) is 6. The molecule has 4 aliphatic carbocycles. The van der Waals surface area contributed by atoms with E-state index in [2.05, 4.69) is 26.5 Å². The van der Waals surface area contributed by atoms with Crippen LogP contribution in [0.4, 0.5) is 0 Å². The second kappa shape index (κ2) is 10.3. The van der Waals surface area contributed by atoms with Crippen molar-refractivity contribution in [3.05, 3.63) is 36.5 Å². The number of carbonyl (C=O) groups excluding carboxylic acids is 2. The summed E-state index contributed by atoms with van der Waals surface area (Å²) in [5.74, 6) is 2.09. The zero-order valence-corrected chi connectivity index (χ0v) is 21.0. The van der Waals surface area contributed by atoms with Gasteiger partial charge in [0.2, 0.25) is 0 Å². The van der Waals surface area contributed by atoms with Crippen molar-refractivity contribution in [3.63, 3.8) is 0 Å². The molecule has 3 nitrogen and oxygen atoms in total. The molecule has 182 valence electrons. The second-order valence-electron chi connectivity index (χ2n) is 11.7. The fourth-order valence-electron chi connectivity index (χ4n) is 7.83. The van der Waals surface area contributed by atoms with Gasteiger partial charge < -0.3 is 4.74 Å². The SMILES string of the molecule is C=CCCCCCCCCC(=O)O[C@H]1CCC2C3CCC4=CC(=O)C=C[C@]4(C)C3CC[C@@]21C. The summed E-state index contributed by atoms with van der Waals surface area (Å²) < 4.78 is 6.15. The molecule has 0 saturated heterocycles. The highest BCUT2D eigenvalue weighted by Gasteiger charge is 2.59. The minimum Gasteiger partial charge on any atom is -0.462 e. The van der Waals surface area contributed by atoms with Gasteiger partial charge in [-0.05, 0) is 87.7 Å². The van der Waals surface area contributed by atoms with Gasteiger partial charge in [0, 0.05) is 17.3 Å². The highest BCUT2D eigenvalue weighted by Crippen LogP contribution is 2.64. The Morgan fingerprint density at radius 3 is 2.61 bits per heavy atom. The van der Waals surface area contributed by atoms with Crippen LogP contribution in [0.15, 0.2) is 36.5 Å². The molecule has 6 atom stereocenters. The maximum Gasteiger partial charge on any atom is 0.306 e. The average Bonchev–Trinajstić information content (AvgIpc) is 3.12. The largest absolute Gasteiger partial charge is 0.462 e. The molecule has 0 radical (unpaired) electrons. The molecule has 3 unspecified atom stereocenters. The molecule has 0 amide bonds. The van der Waals surface area contributed by atoms with Gasteiger partial charge in [0.05, 0.1) is 0 Å². The van der Waals surface area contributed by atoms with Crippen molar-refractivity contribution in [2.45, 2.75) is 110 Å². The smallest absolute Gasteiger partial charge is 0.306 e. The molecule has 0 spiro atoms. The van der Waals surface area contributed by atoms with Gasteiger partial charge in [0.25, 0.3) is 0 Å². The van der Waals surface area contributed by atoms with Gasteiger partial charge >= 0.3 is 5.97 Å². The van der Waals surface area contributed by atoms with Gasteiger partial charge in [0.15, 0.2) is 5.78 Å². The van der Waals surface area contributed by atoms with Crippen LogP contribution in [0.2, 0.25) is 0 Å². The Bertz CT molecular complexity index is 807. The first kappa shape index (κ1) is 24.5. The van der Waals surface area contributed by atoms with Crippen molar-refractivity contribution in [1.82, 2.24) is 0 Å². The van der Waals surface area contributed by atoms with Gasteiger partial charge in [-0.1, -0.05) is 57.3 Å². The maximum absolute atomic E-state index is 12.7. The van der Waals surface area contributed by atoms with Crippen LogP contribution in [0.3, 0.4) is 0 Å². The second-order valence-corrected chi connectivity index (χ2v) is 11.7. The molecule has 4 rings (SSSR count). The molecule has 0 aliphatic heterocycles. The average molecular weight is 453 g/mol. The van der Waals surface area contributed by atoms with Crippen molar-refractivity contribution in [1.29, 1.82) is 0 Å². The van der Waals surface area contributed by atoms with E-state index in [4.69, 9.17) is 4.74 Å². The number of hydrogen-bond donors (Lipinski definition) is 0. The summed E-state index contributed by atoms with van der Waals surface area (Å²) in [6.07, 6.45) is 23.4. The molecule has 33 heavy (non-hydrogen) atoms. The number of ether oxygens (including phenoxy) is 1. The Kier molecular flexibility index (Phi) is 7.66. The van der Waals surface area contributed by atoms with Crippen LogP contribution < -0.4 is 0 Å². The quantitative estimate of drug-likeness (QED) is 0.196. The molecule has 4 aliphatic rings. The third-order valence-electron chi connectivity index (χ3n) is 9.78. The van der Waals surface area contributed by atoms with Crippen molar-refractivity contribution >= 4 is 11.8 Å². The summed E-state index contributed by atoms with van der Waals surface area (Å²) in [7, 11) is 0. The lowest BCUT2D eigenvalue weighted by Gasteiger charge is -2.56. The molecule has 0 aromatic heterocycles. The first-order valence-corrected chi connectivity index (χ1v) is 13.6.